The average molecular weight is 465 g/mol. The second kappa shape index (κ2) is 9.96. The zero-order chi connectivity index (χ0) is 24.2. The summed E-state index contributed by atoms with van der Waals surface area (Å²) in [5.74, 6) is 0.265. The first-order valence-electron chi connectivity index (χ1n) is 11.2. The lowest BCUT2D eigenvalue weighted by molar-refractivity contribution is 0.0696. The summed E-state index contributed by atoms with van der Waals surface area (Å²) in [6.45, 7) is 5.90. The van der Waals surface area contributed by atoms with Crippen LogP contribution in [0.25, 0.3) is 0 Å². The smallest absolute Gasteiger partial charge is 0.335 e. The van der Waals surface area contributed by atoms with Crippen LogP contribution in [0, 0.1) is 6.92 Å². The number of hydrogen-bond donors (Lipinski definition) is 3. The first-order chi connectivity index (χ1) is 16.4. The Hall–Kier alpha value is -3.85. The number of fused-ring (bicyclic) bond motifs is 1. The normalized spacial score (nSPS) is 13.4. The second-order valence-electron chi connectivity index (χ2n) is 8.27. The third-order valence-corrected chi connectivity index (χ3v) is 5.85. The molecule has 0 radical (unpaired) electrons. The van der Waals surface area contributed by atoms with E-state index in [9.17, 15) is 9.59 Å². The molecule has 4 rings (SSSR count). The van der Waals surface area contributed by atoms with Crippen LogP contribution >= 0.6 is 0 Å². The van der Waals surface area contributed by atoms with Crippen LogP contribution in [0.15, 0.2) is 48.5 Å². The molecule has 0 spiro atoms. The van der Waals surface area contributed by atoms with Gasteiger partial charge in [-0.3, -0.25) is 4.79 Å². The molecule has 2 aromatic carbocycles. The molecule has 3 aromatic rings. The first kappa shape index (κ1) is 23.3. The maximum absolute atomic E-state index is 13.3. The number of aromatic carboxylic acids is 1. The van der Waals surface area contributed by atoms with Crippen molar-refractivity contribution in [2.24, 2.45) is 0 Å². The zero-order valence-corrected chi connectivity index (χ0v) is 19.2. The number of aliphatic hydroxyl groups excluding tert-OH is 1. The highest BCUT2D eigenvalue weighted by molar-refractivity contribution is 6.00. The highest BCUT2D eigenvalue weighted by Gasteiger charge is 2.30. The van der Waals surface area contributed by atoms with Crippen LogP contribution in [-0.2, 0) is 13.1 Å². The number of carbonyl (C=O) groups excluding carboxylic acids is 1. The van der Waals surface area contributed by atoms with E-state index in [-0.39, 0.29) is 30.7 Å². The van der Waals surface area contributed by atoms with E-state index in [1.54, 1.807) is 12.1 Å². The monoisotopic (exact) mass is 464 g/mol. The Balaban J connectivity index is 1.51. The Kier molecular flexibility index (Phi) is 6.83. The van der Waals surface area contributed by atoms with Crippen LogP contribution in [-0.4, -0.2) is 51.6 Å². The summed E-state index contributed by atoms with van der Waals surface area (Å²) in [6.07, 6.45) is 0. The third-order valence-electron chi connectivity index (χ3n) is 5.85. The van der Waals surface area contributed by atoms with Crippen LogP contribution in [0.4, 0.5) is 5.82 Å². The Morgan fingerprint density at radius 3 is 2.65 bits per heavy atom. The topological polar surface area (TPSA) is 117 Å². The molecule has 0 aliphatic carbocycles. The van der Waals surface area contributed by atoms with Gasteiger partial charge in [0.15, 0.2) is 0 Å². The van der Waals surface area contributed by atoms with Crippen molar-refractivity contribution < 1.29 is 24.5 Å². The molecule has 0 bridgehead atoms. The highest BCUT2D eigenvalue weighted by Crippen LogP contribution is 2.31. The van der Waals surface area contributed by atoms with Crippen LogP contribution < -0.4 is 15.0 Å². The minimum Gasteiger partial charge on any atom is -0.491 e. The lowest BCUT2D eigenvalue weighted by Gasteiger charge is -2.20. The summed E-state index contributed by atoms with van der Waals surface area (Å²) < 4.78 is 7.38. The van der Waals surface area contributed by atoms with E-state index >= 15 is 0 Å². The van der Waals surface area contributed by atoms with E-state index in [0.717, 1.165) is 23.5 Å². The number of carboxylic acids is 1. The number of amides is 1. The number of nitrogens with one attached hydrogen (secondary N) is 1. The molecule has 9 nitrogen and oxygen atoms in total. The summed E-state index contributed by atoms with van der Waals surface area (Å²) in [7, 11) is 0. The fraction of sp³-hybridized carbons (Fsp3) is 0.320. The van der Waals surface area contributed by atoms with Gasteiger partial charge in [0, 0.05) is 13.1 Å². The standard InChI is InChI=1S/C25H28N4O5/c1-16(19-6-8-20(9-7-19)25(32)33)26-23(31)22-17(2)27-29-11-10-28(24(22)29)15-18-4-3-5-21(14-18)34-13-12-30/h3-9,14,16,30H,10-13,15H2,1-2H3,(H,26,31)(H,32,33)/t16-/m0/s1. The van der Waals surface area contributed by atoms with Crippen LogP contribution in [0.3, 0.4) is 0 Å². The summed E-state index contributed by atoms with van der Waals surface area (Å²) in [5, 5.41) is 25.7. The number of nitrogens with zero attached hydrogens (tertiary/aromatic N) is 3. The molecule has 178 valence electrons. The molecule has 1 aliphatic rings. The number of rotatable bonds is 9. The summed E-state index contributed by atoms with van der Waals surface area (Å²) in [5.41, 5.74) is 3.25. The number of carbonyl (C=O) groups is 2. The van der Waals surface area contributed by atoms with Gasteiger partial charge in [-0.2, -0.15) is 5.10 Å². The van der Waals surface area contributed by atoms with Gasteiger partial charge in [0.25, 0.3) is 5.91 Å². The molecule has 0 unspecified atom stereocenters. The van der Waals surface area contributed by atoms with Gasteiger partial charge in [0.1, 0.15) is 23.7 Å². The second-order valence-corrected chi connectivity index (χ2v) is 8.27. The number of aryl methyl sites for hydroxylation is 1. The van der Waals surface area contributed by atoms with E-state index in [2.05, 4.69) is 15.3 Å². The number of benzene rings is 2. The van der Waals surface area contributed by atoms with Crippen molar-refractivity contribution in [1.29, 1.82) is 0 Å². The Labute approximate surface area is 197 Å². The number of aromatic nitrogens is 2. The lowest BCUT2D eigenvalue weighted by atomic mass is 10.1. The molecular formula is C25H28N4O5. The molecule has 1 amide bonds. The summed E-state index contributed by atoms with van der Waals surface area (Å²) >= 11 is 0. The van der Waals surface area contributed by atoms with Crippen molar-refractivity contribution in [3.63, 3.8) is 0 Å². The van der Waals surface area contributed by atoms with Crippen molar-refractivity contribution in [3.05, 3.63) is 76.5 Å². The van der Waals surface area contributed by atoms with Crippen molar-refractivity contribution in [1.82, 2.24) is 15.1 Å². The maximum Gasteiger partial charge on any atom is 0.335 e. The van der Waals surface area contributed by atoms with Gasteiger partial charge < -0.3 is 25.2 Å². The van der Waals surface area contributed by atoms with Crippen LogP contribution in [0.2, 0.25) is 0 Å². The molecule has 34 heavy (non-hydrogen) atoms. The largest absolute Gasteiger partial charge is 0.491 e. The Bertz CT molecular complexity index is 1190. The van der Waals surface area contributed by atoms with Gasteiger partial charge in [-0.25, -0.2) is 9.48 Å². The molecule has 3 N–H and O–H groups in total. The zero-order valence-electron chi connectivity index (χ0n) is 19.2. The molecule has 0 saturated heterocycles. The predicted molar refractivity (Wildman–Crippen MR) is 126 cm³/mol. The van der Waals surface area contributed by atoms with Crippen molar-refractivity contribution in [2.45, 2.75) is 33.0 Å². The first-order valence-corrected chi connectivity index (χ1v) is 11.2. The minimum absolute atomic E-state index is 0.0462. The third kappa shape index (κ3) is 4.89. The quantitative estimate of drug-likeness (QED) is 0.446. The Morgan fingerprint density at radius 1 is 1.18 bits per heavy atom. The average Bonchev–Trinajstić information content (AvgIpc) is 3.35. The van der Waals surface area contributed by atoms with Crippen molar-refractivity contribution in [3.8, 4) is 5.75 Å². The molecule has 2 heterocycles. The van der Waals surface area contributed by atoms with Gasteiger partial charge >= 0.3 is 5.97 Å². The molecule has 9 heteroatoms. The predicted octanol–water partition coefficient (Wildman–Crippen LogP) is 2.77. The summed E-state index contributed by atoms with van der Waals surface area (Å²) in [6, 6.07) is 13.9. The number of carboxylic acid groups (broad SMARTS) is 1. The van der Waals surface area contributed by atoms with E-state index < -0.39 is 5.97 Å². The van der Waals surface area contributed by atoms with Crippen molar-refractivity contribution in [2.75, 3.05) is 24.7 Å². The Morgan fingerprint density at radius 2 is 1.94 bits per heavy atom. The SMILES string of the molecule is Cc1nn2c(c1C(=O)N[C@@H](C)c1ccc(C(=O)O)cc1)N(Cc1cccc(OCCO)c1)CC2. The van der Waals surface area contributed by atoms with E-state index in [1.807, 2.05) is 42.8 Å². The minimum atomic E-state index is -0.986. The molecule has 0 fully saturated rings. The fourth-order valence-corrected chi connectivity index (χ4v) is 4.17. The van der Waals surface area contributed by atoms with E-state index in [0.29, 0.717) is 30.1 Å². The van der Waals surface area contributed by atoms with E-state index in [4.69, 9.17) is 14.9 Å². The fourth-order valence-electron chi connectivity index (χ4n) is 4.17. The van der Waals surface area contributed by atoms with Crippen molar-refractivity contribution >= 4 is 17.7 Å². The lowest BCUT2D eigenvalue weighted by Crippen LogP contribution is -2.29. The molecule has 1 aliphatic heterocycles. The molecule has 0 saturated carbocycles. The molecule has 1 aromatic heterocycles. The molecular weight excluding hydrogens is 436 g/mol. The van der Waals surface area contributed by atoms with Crippen LogP contribution in [0.1, 0.15) is 50.5 Å². The maximum atomic E-state index is 13.3. The summed E-state index contributed by atoms with van der Waals surface area (Å²) in [4.78, 5) is 26.5. The number of anilines is 1. The van der Waals surface area contributed by atoms with Gasteiger partial charge in [0.2, 0.25) is 0 Å². The van der Waals surface area contributed by atoms with Crippen LogP contribution in [0.5, 0.6) is 5.75 Å². The number of aliphatic hydroxyl groups is 1. The van der Waals surface area contributed by atoms with Gasteiger partial charge in [0.05, 0.1) is 30.5 Å². The molecule has 1 atom stereocenters. The van der Waals surface area contributed by atoms with Gasteiger partial charge in [-0.1, -0.05) is 24.3 Å². The van der Waals surface area contributed by atoms with Gasteiger partial charge in [-0.15, -0.1) is 0 Å². The van der Waals surface area contributed by atoms with Gasteiger partial charge in [-0.05, 0) is 49.2 Å². The number of ether oxygens (including phenoxy) is 1. The highest BCUT2D eigenvalue weighted by atomic mass is 16.5. The van der Waals surface area contributed by atoms with E-state index in [1.165, 1.54) is 12.1 Å². The number of hydrogen-bond acceptors (Lipinski definition) is 6.